The van der Waals surface area contributed by atoms with Crippen molar-refractivity contribution in [3.05, 3.63) is 47.5 Å². The minimum atomic E-state index is -4.68. The second kappa shape index (κ2) is 9.20. The number of para-hydroxylation sites is 1. The summed E-state index contributed by atoms with van der Waals surface area (Å²) in [5.74, 6) is -2.70. The standard InChI is InChI=1S/C16H12ClN5O6S.Na/c17-10-6-9(29(26,27)28)7-11(14(10)23)19-20-13-12(15(18)24)21-22(16(13)25)8-4-2-1-3-5-8;/h1-7,13,23H,(H2,18,24)(H,26,27,28);/q;+1/p-1. The molecule has 2 amide bonds. The van der Waals surface area contributed by atoms with Crippen molar-refractivity contribution < 1.29 is 57.2 Å². The number of carbonyl (C=O) groups is 2. The van der Waals surface area contributed by atoms with Crippen molar-refractivity contribution in [3.8, 4) is 5.75 Å². The van der Waals surface area contributed by atoms with Crippen molar-refractivity contribution >= 4 is 50.6 Å². The molecule has 0 saturated heterocycles. The van der Waals surface area contributed by atoms with E-state index in [0.29, 0.717) is 5.69 Å². The van der Waals surface area contributed by atoms with Crippen molar-refractivity contribution in [2.45, 2.75) is 10.9 Å². The molecular weight excluding hydrogens is 449 g/mol. The minimum Gasteiger partial charge on any atom is -0.870 e. The fraction of sp³-hybridized carbons (Fsp3) is 0.0625. The fourth-order valence-electron chi connectivity index (χ4n) is 2.38. The van der Waals surface area contributed by atoms with E-state index in [1.807, 2.05) is 0 Å². The monoisotopic (exact) mass is 459 g/mol. The molecule has 2 aromatic carbocycles. The van der Waals surface area contributed by atoms with Gasteiger partial charge in [0.15, 0.2) is 5.71 Å². The number of hydrazone groups is 1. The summed E-state index contributed by atoms with van der Waals surface area (Å²) in [7, 11) is -4.68. The van der Waals surface area contributed by atoms with Gasteiger partial charge in [-0.05, 0) is 24.3 Å². The van der Waals surface area contributed by atoms with Gasteiger partial charge in [-0.1, -0.05) is 35.5 Å². The third kappa shape index (κ3) is 4.86. The molecule has 1 atom stereocenters. The van der Waals surface area contributed by atoms with Crippen molar-refractivity contribution in [2.75, 3.05) is 5.01 Å². The number of azo groups is 1. The van der Waals surface area contributed by atoms with Gasteiger partial charge in [0.1, 0.15) is 0 Å². The summed E-state index contributed by atoms with van der Waals surface area (Å²) in [6, 6.07) is 8.03. The first kappa shape index (κ1) is 23.9. The maximum atomic E-state index is 12.6. The number of rotatable bonds is 5. The molecule has 30 heavy (non-hydrogen) atoms. The van der Waals surface area contributed by atoms with Crippen LogP contribution in [-0.2, 0) is 19.7 Å². The number of nitrogens with zero attached hydrogens (tertiary/aromatic N) is 4. The number of amides is 2. The van der Waals surface area contributed by atoms with Crippen molar-refractivity contribution in [3.63, 3.8) is 0 Å². The van der Waals surface area contributed by atoms with Crippen LogP contribution < -0.4 is 45.4 Å². The predicted molar refractivity (Wildman–Crippen MR) is 99.6 cm³/mol. The Hall–Kier alpha value is -2.35. The van der Waals surface area contributed by atoms with E-state index in [-0.39, 0.29) is 29.6 Å². The van der Waals surface area contributed by atoms with E-state index >= 15 is 0 Å². The third-order valence-corrected chi connectivity index (χ3v) is 4.85. The molecule has 0 aliphatic carbocycles. The molecule has 0 bridgehead atoms. The summed E-state index contributed by atoms with van der Waals surface area (Å²) in [6.07, 6.45) is 0. The van der Waals surface area contributed by atoms with Crippen LogP contribution >= 0.6 is 11.6 Å². The molecule has 150 valence electrons. The molecule has 1 heterocycles. The first-order valence-electron chi connectivity index (χ1n) is 7.76. The van der Waals surface area contributed by atoms with E-state index in [4.69, 9.17) is 21.9 Å². The van der Waals surface area contributed by atoms with Gasteiger partial charge in [0.25, 0.3) is 21.9 Å². The maximum absolute atomic E-state index is 12.6. The van der Waals surface area contributed by atoms with Crippen LogP contribution in [0.15, 0.2) is 62.7 Å². The molecule has 0 fully saturated rings. The molecule has 1 aliphatic rings. The Bertz CT molecular complexity index is 1170. The van der Waals surface area contributed by atoms with Gasteiger partial charge in [-0.2, -0.15) is 28.8 Å². The Morgan fingerprint density at radius 1 is 1.27 bits per heavy atom. The predicted octanol–water partition coefficient (Wildman–Crippen LogP) is -2.00. The Labute approximate surface area is 197 Å². The molecule has 0 radical (unpaired) electrons. The van der Waals surface area contributed by atoms with E-state index < -0.39 is 55.0 Å². The summed E-state index contributed by atoms with van der Waals surface area (Å²) in [5, 5.41) is 23.5. The van der Waals surface area contributed by atoms with Crippen molar-refractivity contribution in [1.82, 2.24) is 0 Å². The molecule has 1 aliphatic heterocycles. The fourth-order valence-corrected chi connectivity index (χ4v) is 3.19. The molecule has 0 saturated carbocycles. The third-order valence-electron chi connectivity index (χ3n) is 3.74. The largest absolute Gasteiger partial charge is 1.00 e. The van der Waals surface area contributed by atoms with Crippen LogP contribution in [0, 0.1) is 0 Å². The van der Waals surface area contributed by atoms with Crippen LogP contribution in [-0.4, -0.2) is 36.5 Å². The van der Waals surface area contributed by atoms with Gasteiger partial charge < -0.3 is 10.8 Å². The molecule has 1 unspecified atom stereocenters. The first-order chi connectivity index (χ1) is 13.6. The molecule has 11 nitrogen and oxygen atoms in total. The second-order valence-corrected chi connectivity index (χ2v) is 7.51. The number of halogens is 1. The van der Waals surface area contributed by atoms with E-state index in [1.54, 1.807) is 30.3 Å². The summed E-state index contributed by atoms with van der Waals surface area (Å²) < 4.78 is 31.7. The average Bonchev–Trinajstić information content (AvgIpc) is 2.99. The zero-order chi connectivity index (χ0) is 21.3. The Morgan fingerprint density at radius 2 is 1.90 bits per heavy atom. The van der Waals surface area contributed by atoms with Gasteiger partial charge in [0.05, 0.1) is 16.3 Å². The summed E-state index contributed by atoms with van der Waals surface area (Å²) in [4.78, 5) is 23.6. The normalized spacial score (nSPS) is 16.5. The average molecular weight is 460 g/mol. The van der Waals surface area contributed by atoms with Crippen LogP contribution in [0.1, 0.15) is 0 Å². The second-order valence-electron chi connectivity index (χ2n) is 5.68. The van der Waals surface area contributed by atoms with Crippen LogP contribution in [0.2, 0.25) is 5.02 Å². The van der Waals surface area contributed by atoms with Gasteiger partial charge in [-0.25, -0.2) is 0 Å². The van der Waals surface area contributed by atoms with E-state index in [9.17, 15) is 23.1 Å². The molecule has 3 rings (SSSR count). The Morgan fingerprint density at radius 3 is 2.47 bits per heavy atom. The zero-order valence-corrected chi connectivity index (χ0v) is 18.8. The van der Waals surface area contributed by atoms with E-state index in [1.165, 1.54) is 0 Å². The van der Waals surface area contributed by atoms with Crippen molar-refractivity contribution in [2.24, 2.45) is 21.1 Å². The van der Waals surface area contributed by atoms with Crippen LogP contribution in [0.4, 0.5) is 11.4 Å². The molecule has 0 spiro atoms. The van der Waals surface area contributed by atoms with E-state index in [2.05, 4.69) is 15.3 Å². The molecule has 0 aromatic heterocycles. The SMILES string of the molecule is NC(=O)C1=NN(c2ccccc2)C(=O)C1N=Nc1cc(S(=O)(=O)O)cc(Cl)c1[O-].[Na+]. The quantitative estimate of drug-likeness (QED) is 0.296. The number of anilines is 1. The number of nitrogens with two attached hydrogens (primary N) is 1. The van der Waals surface area contributed by atoms with Crippen LogP contribution in [0.3, 0.4) is 0 Å². The number of benzene rings is 2. The van der Waals surface area contributed by atoms with Crippen LogP contribution in [0.5, 0.6) is 5.75 Å². The Kier molecular flexibility index (Phi) is 7.34. The van der Waals surface area contributed by atoms with Gasteiger partial charge in [-0.15, -0.1) is 0 Å². The molecule has 3 N–H and O–H groups in total. The van der Waals surface area contributed by atoms with Crippen LogP contribution in [0.25, 0.3) is 0 Å². The van der Waals surface area contributed by atoms with Gasteiger partial charge >= 0.3 is 29.6 Å². The van der Waals surface area contributed by atoms with E-state index in [0.717, 1.165) is 17.1 Å². The maximum Gasteiger partial charge on any atom is 1.00 e. The molecular formula is C16H11ClN5NaO6S. The summed E-state index contributed by atoms with van der Waals surface area (Å²) in [6.45, 7) is 0. The smallest absolute Gasteiger partial charge is 0.870 e. The molecule has 14 heteroatoms. The number of carbonyl (C=O) groups excluding carboxylic acids is 2. The van der Waals surface area contributed by atoms with Crippen molar-refractivity contribution in [1.29, 1.82) is 0 Å². The van der Waals surface area contributed by atoms with Gasteiger partial charge in [-0.3, -0.25) is 14.1 Å². The zero-order valence-electron chi connectivity index (χ0n) is 15.3. The topological polar surface area (TPSA) is 178 Å². The first-order valence-corrected chi connectivity index (χ1v) is 9.57. The minimum absolute atomic E-state index is 0. The van der Waals surface area contributed by atoms with Gasteiger partial charge in [0, 0.05) is 5.02 Å². The number of hydrogen-bond donors (Lipinski definition) is 2. The molecule has 2 aromatic rings. The summed E-state index contributed by atoms with van der Waals surface area (Å²) in [5.41, 5.74) is 4.60. The summed E-state index contributed by atoms with van der Waals surface area (Å²) >= 11 is 5.67. The number of hydrogen-bond acceptors (Lipinski definition) is 8. The van der Waals surface area contributed by atoms with Gasteiger partial charge in [0.2, 0.25) is 6.04 Å². The Balaban J connectivity index is 0.00000320. The number of primary amides is 1.